The van der Waals surface area contributed by atoms with E-state index in [0.717, 1.165) is 38.8 Å². The van der Waals surface area contributed by atoms with Gasteiger partial charge in [0.15, 0.2) is 0 Å². The lowest BCUT2D eigenvalue weighted by Gasteiger charge is -2.28. The zero-order valence-electron chi connectivity index (χ0n) is 9.37. The Morgan fingerprint density at radius 1 is 1.33 bits per heavy atom. The molecule has 0 radical (unpaired) electrons. The highest BCUT2D eigenvalue weighted by Crippen LogP contribution is 2.18. The van der Waals surface area contributed by atoms with Crippen molar-refractivity contribution < 1.29 is 9.53 Å². The third-order valence-electron chi connectivity index (χ3n) is 3.06. The Kier molecular flexibility index (Phi) is 3.59. The lowest BCUT2D eigenvalue weighted by atomic mass is 10.1. The maximum Gasteiger partial charge on any atom is 0.246 e. The highest BCUT2D eigenvalue weighted by molar-refractivity contribution is 5.77. The molecule has 4 heteroatoms. The molecular formula is C11H20N2O2. The van der Waals surface area contributed by atoms with E-state index in [1.807, 2.05) is 0 Å². The van der Waals surface area contributed by atoms with E-state index in [2.05, 4.69) is 17.3 Å². The average molecular weight is 212 g/mol. The molecular weight excluding hydrogens is 192 g/mol. The van der Waals surface area contributed by atoms with E-state index in [-0.39, 0.29) is 18.6 Å². The first-order valence-corrected chi connectivity index (χ1v) is 5.83. The molecule has 0 aromatic heterocycles. The van der Waals surface area contributed by atoms with E-state index in [1.165, 1.54) is 0 Å². The van der Waals surface area contributed by atoms with E-state index >= 15 is 0 Å². The summed E-state index contributed by atoms with van der Waals surface area (Å²) in [5.41, 5.74) is 0. The first-order chi connectivity index (χ1) is 7.24. The van der Waals surface area contributed by atoms with Crippen molar-refractivity contribution in [1.82, 2.24) is 10.2 Å². The first-order valence-electron chi connectivity index (χ1n) is 5.83. The van der Waals surface area contributed by atoms with Crippen LogP contribution in [0.25, 0.3) is 0 Å². The molecule has 0 aromatic carbocycles. The number of carbonyl (C=O) groups is 1. The second-order valence-corrected chi connectivity index (χ2v) is 4.66. The van der Waals surface area contributed by atoms with E-state index in [9.17, 15) is 4.79 Å². The largest absolute Gasteiger partial charge is 0.368 e. The minimum atomic E-state index is 0.0522. The number of nitrogens with zero attached hydrogens (tertiary/aromatic N) is 1. The topological polar surface area (TPSA) is 41.6 Å². The van der Waals surface area contributed by atoms with E-state index < -0.39 is 0 Å². The highest BCUT2D eigenvalue weighted by Gasteiger charge is 2.24. The summed E-state index contributed by atoms with van der Waals surface area (Å²) in [6.07, 6.45) is 4.66. The van der Waals surface area contributed by atoms with Gasteiger partial charge in [-0.3, -0.25) is 4.79 Å². The third-order valence-corrected chi connectivity index (χ3v) is 3.06. The van der Waals surface area contributed by atoms with Crippen molar-refractivity contribution in [3.8, 4) is 0 Å². The van der Waals surface area contributed by atoms with Crippen LogP contribution in [0, 0.1) is 0 Å². The van der Waals surface area contributed by atoms with Gasteiger partial charge in [0.05, 0.1) is 6.10 Å². The SMILES string of the molecule is CN1CCC(OCC(=O)NC2CC2)CC1. The fourth-order valence-corrected chi connectivity index (χ4v) is 1.84. The summed E-state index contributed by atoms with van der Waals surface area (Å²) >= 11 is 0. The first kappa shape index (κ1) is 10.9. The van der Waals surface area contributed by atoms with Crippen LogP contribution in [0.5, 0.6) is 0 Å². The minimum absolute atomic E-state index is 0.0522. The standard InChI is InChI=1S/C11H20N2O2/c1-13-6-4-10(5-7-13)15-8-11(14)12-9-2-3-9/h9-10H,2-8H2,1H3,(H,12,14). The predicted octanol–water partition coefficient (Wildman–Crippen LogP) is 0.376. The molecule has 0 atom stereocenters. The molecule has 1 aliphatic carbocycles. The van der Waals surface area contributed by atoms with Crippen molar-refractivity contribution >= 4 is 5.91 Å². The Balaban J connectivity index is 1.58. The molecule has 1 aliphatic heterocycles. The van der Waals surface area contributed by atoms with Gasteiger partial charge in [-0.05, 0) is 32.7 Å². The normalized spacial score (nSPS) is 24.1. The van der Waals surface area contributed by atoms with E-state index in [0.29, 0.717) is 6.04 Å². The van der Waals surface area contributed by atoms with Gasteiger partial charge >= 0.3 is 0 Å². The summed E-state index contributed by atoms with van der Waals surface area (Å²) < 4.78 is 5.58. The summed E-state index contributed by atoms with van der Waals surface area (Å²) in [5.74, 6) is 0.0522. The van der Waals surface area contributed by atoms with Gasteiger partial charge in [0.1, 0.15) is 6.61 Å². The molecule has 0 unspecified atom stereocenters. The fourth-order valence-electron chi connectivity index (χ4n) is 1.84. The van der Waals surface area contributed by atoms with Gasteiger partial charge in [-0.1, -0.05) is 0 Å². The predicted molar refractivity (Wildman–Crippen MR) is 57.6 cm³/mol. The van der Waals surface area contributed by atoms with Crippen LogP contribution < -0.4 is 5.32 Å². The van der Waals surface area contributed by atoms with Crippen molar-refractivity contribution in [2.45, 2.75) is 37.8 Å². The van der Waals surface area contributed by atoms with Crippen LogP contribution >= 0.6 is 0 Å². The van der Waals surface area contributed by atoms with E-state index in [4.69, 9.17) is 4.74 Å². The molecule has 0 bridgehead atoms. The summed E-state index contributed by atoms with van der Waals surface area (Å²) in [5, 5.41) is 2.93. The number of hydrogen-bond donors (Lipinski definition) is 1. The molecule has 1 heterocycles. The molecule has 0 aromatic rings. The van der Waals surface area contributed by atoms with Crippen LogP contribution in [-0.4, -0.2) is 49.7 Å². The lowest BCUT2D eigenvalue weighted by Crippen LogP contribution is -2.37. The Morgan fingerprint density at radius 2 is 2.00 bits per heavy atom. The van der Waals surface area contributed by atoms with Crippen molar-refractivity contribution in [2.75, 3.05) is 26.7 Å². The molecule has 86 valence electrons. The zero-order chi connectivity index (χ0) is 10.7. The van der Waals surface area contributed by atoms with Gasteiger partial charge in [0.2, 0.25) is 5.91 Å². The number of ether oxygens (including phenoxy) is 1. The maximum absolute atomic E-state index is 11.4. The summed E-state index contributed by atoms with van der Waals surface area (Å²) in [6.45, 7) is 2.40. The lowest BCUT2D eigenvalue weighted by molar-refractivity contribution is -0.128. The number of likely N-dealkylation sites (tertiary alicyclic amines) is 1. The van der Waals surface area contributed by atoms with Gasteiger partial charge in [0, 0.05) is 19.1 Å². The molecule has 4 nitrogen and oxygen atoms in total. The van der Waals surface area contributed by atoms with Crippen LogP contribution in [0.3, 0.4) is 0 Å². The fraction of sp³-hybridized carbons (Fsp3) is 0.909. The van der Waals surface area contributed by atoms with Gasteiger partial charge in [-0.2, -0.15) is 0 Å². The number of nitrogens with one attached hydrogen (secondary N) is 1. The van der Waals surface area contributed by atoms with Gasteiger partial charge in [-0.25, -0.2) is 0 Å². The van der Waals surface area contributed by atoms with Crippen molar-refractivity contribution in [1.29, 1.82) is 0 Å². The molecule has 1 amide bonds. The molecule has 15 heavy (non-hydrogen) atoms. The maximum atomic E-state index is 11.4. The van der Waals surface area contributed by atoms with Crippen molar-refractivity contribution in [3.63, 3.8) is 0 Å². The average Bonchev–Trinajstić information content (AvgIpc) is 3.01. The smallest absolute Gasteiger partial charge is 0.246 e. The van der Waals surface area contributed by atoms with Gasteiger partial charge in [-0.15, -0.1) is 0 Å². The van der Waals surface area contributed by atoms with Gasteiger partial charge in [0.25, 0.3) is 0 Å². The summed E-state index contributed by atoms with van der Waals surface area (Å²) in [6, 6.07) is 0.443. The summed E-state index contributed by atoms with van der Waals surface area (Å²) in [7, 11) is 2.12. The molecule has 2 aliphatic rings. The second kappa shape index (κ2) is 4.94. The van der Waals surface area contributed by atoms with Crippen molar-refractivity contribution in [2.24, 2.45) is 0 Å². The molecule has 1 N–H and O–H groups in total. The zero-order valence-corrected chi connectivity index (χ0v) is 9.37. The van der Waals surface area contributed by atoms with Crippen LogP contribution in [0.1, 0.15) is 25.7 Å². The minimum Gasteiger partial charge on any atom is -0.368 e. The Morgan fingerprint density at radius 3 is 2.60 bits per heavy atom. The van der Waals surface area contributed by atoms with Crippen LogP contribution in [0.2, 0.25) is 0 Å². The third kappa shape index (κ3) is 3.80. The molecule has 1 saturated carbocycles. The van der Waals surface area contributed by atoms with Gasteiger partial charge < -0.3 is 15.0 Å². The number of piperidine rings is 1. The Labute approximate surface area is 91.0 Å². The number of hydrogen-bond acceptors (Lipinski definition) is 3. The molecule has 1 saturated heterocycles. The molecule has 2 fully saturated rings. The Bertz CT molecular complexity index is 221. The number of carbonyl (C=O) groups excluding carboxylic acids is 1. The van der Waals surface area contributed by atoms with Crippen LogP contribution in [0.4, 0.5) is 0 Å². The van der Waals surface area contributed by atoms with Crippen LogP contribution in [0.15, 0.2) is 0 Å². The monoisotopic (exact) mass is 212 g/mol. The van der Waals surface area contributed by atoms with Crippen molar-refractivity contribution in [3.05, 3.63) is 0 Å². The molecule has 2 rings (SSSR count). The number of rotatable bonds is 4. The highest BCUT2D eigenvalue weighted by atomic mass is 16.5. The Hall–Kier alpha value is -0.610. The second-order valence-electron chi connectivity index (χ2n) is 4.66. The van der Waals surface area contributed by atoms with E-state index in [1.54, 1.807) is 0 Å². The summed E-state index contributed by atoms with van der Waals surface area (Å²) in [4.78, 5) is 13.6. The molecule has 0 spiro atoms. The van der Waals surface area contributed by atoms with Crippen LogP contribution in [-0.2, 0) is 9.53 Å². The number of amides is 1. The quantitative estimate of drug-likeness (QED) is 0.732.